The van der Waals surface area contributed by atoms with E-state index in [9.17, 15) is 15.0 Å². The number of hydrogen-bond donors (Lipinski definition) is 3. The summed E-state index contributed by atoms with van der Waals surface area (Å²) in [5.74, 6) is -0.0860. The Labute approximate surface area is 313 Å². The highest BCUT2D eigenvalue weighted by Crippen LogP contribution is 2.16. The molecule has 4 heteroatoms. The zero-order valence-corrected chi connectivity index (χ0v) is 33.9. The van der Waals surface area contributed by atoms with Gasteiger partial charge in [-0.25, -0.2) is 0 Å². The van der Waals surface area contributed by atoms with Crippen molar-refractivity contribution < 1.29 is 15.0 Å². The third kappa shape index (κ3) is 38.1. The fourth-order valence-corrected chi connectivity index (χ4v) is 6.96. The summed E-state index contributed by atoms with van der Waals surface area (Å²) >= 11 is 0. The van der Waals surface area contributed by atoms with Gasteiger partial charge in [-0.1, -0.05) is 231 Å². The first-order valence-electron chi connectivity index (χ1n) is 22.6. The van der Waals surface area contributed by atoms with Gasteiger partial charge in [0.25, 0.3) is 0 Å². The maximum absolute atomic E-state index is 12.1. The summed E-state index contributed by atoms with van der Waals surface area (Å²) in [6.45, 7) is 4.22. The maximum Gasteiger partial charge on any atom is 0.220 e. The van der Waals surface area contributed by atoms with E-state index in [0.29, 0.717) is 6.42 Å². The molecular formula is C46H89NO3. The summed E-state index contributed by atoms with van der Waals surface area (Å²) in [5, 5.41) is 22.7. The Bertz CT molecular complexity index is 720. The number of rotatable bonds is 41. The lowest BCUT2D eigenvalue weighted by molar-refractivity contribution is -0.123. The Morgan fingerprint density at radius 1 is 0.460 bits per heavy atom. The molecule has 0 aromatic carbocycles. The fraction of sp³-hybridized carbons (Fsp3) is 0.891. The van der Waals surface area contributed by atoms with E-state index in [-0.39, 0.29) is 12.5 Å². The molecule has 0 radical (unpaired) electrons. The second-order valence-electron chi connectivity index (χ2n) is 15.5. The van der Waals surface area contributed by atoms with E-state index < -0.39 is 12.1 Å². The molecule has 1 amide bonds. The highest BCUT2D eigenvalue weighted by Gasteiger charge is 2.17. The molecule has 0 aromatic heterocycles. The summed E-state index contributed by atoms with van der Waals surface area (Å²) < 4.78 is 0. The Kier molecular flexibility index (Phi) is 41.3. The summed E-state index contributed by atoms with van der Waals surface area (Å²) in [4.78, 5) is 12.1. The molecule has 0 heterocycles. The molecule has 50 heavy (non-hydrogen) atoms. The second kappa shape index (κ2) is 42.3. The van der Waals surface area contributed by atoms with Gasteiger partial charge < -0.3 is 15.5 Å². The molecule has 0 rings (SSSR count). The molecule has 0 aliphatic rings. The van der Waals surface area contributed by atoms with Gasteiger partial charge in [-0.3, -0.25) is 4.79 Å². The predicted octanol–water partition coefficient (Wildman–Crippen LogP) is 14.0. The summed E-state index contributed by atoms with van der Waals surface area (Å²) in [5.41, 5.74) is 0. The lowest BCUT2D eigenvalue weighted by atomic mass is 10.0. The minimum atomic E-state index is -0.855. The van der Waals surface area contributed by atoms with Crippen molar-refractivity contribution in [3.05, 3.63) is 24.3 Å². The predicted molar refractivity (Wildman–Crippen MR) is 221 cm³/mol. The van der Waals surface area contributed by atoms with Gasteiger partial charge in [0, 0.05) is 6.42 Å². The van der Waals surface area contributed by atoms with Crippen molar-refractivity contribution in [2.45, 2.75) is 257 Å². The molecule has 3 N–H and O–H groups in total. The van der Waals surface area contributed by atoms with Crippen molar-refractivity contribution in [3.63, 3.8) is 0 Å². The van der Waals surface area contributed by atoms with E-state index in [1.807, 2.05) is 6.08 Å². The van der Waals surface area contributed by atoms with Crippen LogP contribution >= 0.6 is 0 Å². The van der Waals surface area contributed by atoms with Crippen LogP contribution in [-0.2, 0) is 4.79 Å². The molecule has 0 aromatic rings. The number of aliphatic hydroxyl groups is 2. The highest BCUT2D eigenvalue weighted by molar-refractivity contribution is 5.76. The first kappa shape index (κ1) is 48.9. The zero-order valence-electron chi connectivity index (χ0n) is 33.9. The van der Waals surface area contributed by atoms with Crippen LogP contribution in [0.15, 0.2) is 24.3 Å². The molecular weight excluding hydrogens is 615 g/mol. The van der Waals surface area contributed by atoms with Crippen LogP contribution in [-0.4, -0.2) is 34.9 Å². The molecule has 0 spiro atoms. The second-order valence-corrected chi connectivity index (χ2v) is 15.5. The summed E-state index contributed by atoms with van der Waals surface area (Å²) in [6, 6.07) is -0.631. The van der Waals surface area contributed by atoms with Gasteiger partial charge in [0.2, 0.25) is 5.91 Å². The van der Waals surface area contributed by atoms with E-state index in [4.69, 9.17) is 0 Å². The zero-order chi connectivity index (χ0) is 36.4. The van der Waals surface area contributed by atoms with Gasteiger partial charge in [-0.15, -0.1) is 0 Å². The molecule has 0 saturated carbocycles. The van der Waals surface area contributed by atoms with Crippen molar-refractivity contribution in [1.82, 2.24) is 5.32 Å². The summed E-state index contributed by atoms with van der Waals surface area (Å²) in [7, 11) is 0. The minimum Gasteiger partial charge on any atom is -0.394 e. The van der Waals surface area contributed by atoms with E-state index in [2.05, 4.69) is 31.3 Å². The van der Waals surface area contributed by atoms with E-state index in [0.717, 1.165) is 38.5 Å². The number of nitrogens with one attached hydrogen (secondary N) is 1. The number of amides is 1. The molecule has 0 fully saturated rings. The lowest BCUT2D eigenvalue weighted by Gasteiger charge is -2.19. The van der Waals surface area contributed by atoms with Crippen molar-refractivity contribution in [2.24, 2.45) is 0 Å². The molecule has 0 saturated heterocycles. The number of carbonyl (C=O) groups excluding carboxylic acids is 1. The topological polar surface area (TPSA) is 69.6 Å². The van der Waals surface area contributed by atoms with Gasteiger partial charge >= 0.3 is 0 Å². The van der Waals surface area contributed by atoms with Gasteiger partial charge in [0.15, 0.2) is 0 Å². The van der Waals surface area contributed by atoms with Crippen LogP contribution < -0.4 is 5.32 Å². The molecule has 0 aliphatic heterocycles. The van der Waals surface area contributed by atoms with Gasteiger partial charge in [-0.05, 0) is 32.1 Å². The molecule has 2 atom stereocenters. The van der Waals surface area contributed by atoms with Crippen LogP contribution in [0.4, 0.5) is 0 Å². The molecule has 0 aliphatic carbocycles. The van der Waals surface area contributed by atoms with Crippen molar-refractivity contribution in [3.8, 4) is 0 Å². The number of aliphatic hydroxyl groups excluding tert-OH is 2. The van der Waals surface area contributed by atoms with Crippen LogP contribution in [0.5, 0.6) is 0 Å². The highest BCUT2D eigenvalue weighted by atomic mass is 16.3. The normalized spacial score (nSPS) is 13.1. The first-order chi connectivity index (χ1) is 24.7. The first-order valence-corrected chi connectivity index (χ1v) is 22.6. The van der Waals surface area contributed by atoms with Gasteiger partial charge in [-0.2, -0.15) is 0 Å². The van der Waals surface area contributed by atoms with Crippen LogP contribution in [0.25, 0.3) is 0 Å². The third-order valence-corrected chi connectivity index (χ3v) is 10.4. The molecule has 296 valence electrons. The fourth-order valence-electron chi connectivity index (χ4n) is 6.96. The van der Waals surface area contributed by atoms with Crippen LogP contribution in [0.3, 0.4) is 0 Å². The average Bonchev–Trinajstić information content (AvgIpc) is 3.12. The quantitative estimate of drug-likeness (QED) is 0.0438. The van der Waals surface area contributed by atoms with Crippen LogP contribution in [0.2, 0.25) is 0 Å². The van der Waals surface area contributed by atoms with Crippen molar-refractivity contribution in [2.75, 3.05) is 6.61 Å². The number of carbonyl (C=O) groups is 1. The van der Waals surface area contributed by atoms with E-state index in [1.54, 1.807) is 6.08 Å². The Morgan fingerprint density at radius 2 is 0.780 bits per heavy atom. The van der Waals surface area contributed by atoms with Crippen LogP contribution in [0, 0.1) is 0 Å². The minimum absolute atomic E-state index is 0.0860. The number of allylic oxidation sites excluding steroid dienone is 3. The SMILES string of the molecule is CCCCCCCCCCCCCCCCCCCCCCCCCCCCC/C=C/CC/C=C/C(O)C(CO)NC(=O)CCCCCCC. The smallest absolute Gasteiger partial charge is 0.220 e. The third-order valence-electron chi connectivity index (χ3n) is 10.4. The maximum atomic E-state index is 12.1. The Balaban J connectivity index is 3.38. The standard InChI is InChI=1S/C46H89NO3/c1-3-5-7-9-10-11-12-13-14-15-16-17-18-19-20-21-22-23-24-25-26-27-28-29-30-31-32-33-34-35-36-38-39-41-45(49)44(43-48)47-46(50)42-40-37-8-6-4-2/h34-35,39,41,44-45,48-49H,3-33,36-38,40,42-43H2,1-2H3,(H,47,50)/b35-34+,41-39+. The largest absolute Gasteiger partial charge is 0.394 e. The van der Waals surface area contributed by atoms with E-state index in [1.165, 1.54) is 186 Å². The number of hydrogen-bond acceptors (Lipinski definition) is 3. The summed E-state index contributed by atoms with van der Waals surface area (Å²) in [6.07, 6.45) is 55.0. The van der Waals surface area contributed by atoms with Crippen molar-refractivity contribution >= 4 is 5.91 Å². The Morgan fingerprint density at radius 3 is 1.16 bits per heavy atom. The van der Waals surface area contributed by atoms with E-state index >= 15 is 0 Å². The average molecular weight is 704 g/mol. The molecule has 4 nitrogen and oxygen atoms in total. The lowest BCUT2D eigenvalue weighted by Crippen LogP contribution is -2.45. The van der Waals surface area contributed by atoms with Gasteiger partial charge in [0.05, 0.1) is 18.8 Å². The number of unbranched alkanes of at least 4 members (excludes halogenated alkanes) is 32. The monoisotopic (exact) mass is 704 g/mol. The van der Waals surface area contributed by atoms with Crippen molar-refractivity contribution in [1.29, 1.82) is 0 Å². The Hall–Kier alpha value is -1.13. The van der Waals surface area contributed by atoms with Crippen LogP contribution in [0.1, 0.15) is 245 Å². The molecule has 0 bridgehead atoms. The molecule has 2 unspecified atom stereocenters. The van der Waals surface area contributed by atoms with Gasteiger partial charge in [0.1, 0.15) is 0 Å².